The van der Waals surface area contributed by atoms with Gasteiger partial charge in [0, 0.05) is 12.7 Å². The zero-order chi connectivity index (χ0) is 21.1. The number of nitrogens with one attached hydrogen (secondary N) is 2. The third-order valence-corrected chi connectivity index (χ3v) is 4.68. The Hall–Kier alpha value is -3.23. The lowest BCUT2D eigenvalue weighted by Crippen LogP contribution is -2.36. The quantitative estimate of drug-likeness (QED) is 0.705. The first-order chi connectivity index (χ1) is 13.8. The number of fused-ring (bicyclic) bond motifs is 1. The van der Waals surface area contributed by atoms with Crippen molar-refractivity contribution in [1.29, 1.82) is 0 Å². The Morgan fingerprint density at radius 2 is 1.59 bits per heavy atom. The van der Waals surface area contributed by atoms with E-state index in [0.717, 1.165) is 4.90 Å². The minimum absolute atomic E-state index is 0.0133. The minimum Gasteiger partial charge on any atom is -0.325 e. The Morgan fingerprint density at radius 1 is 0.966 bits per heavy atom. The van der Waals surface area contributed by atoms with Crippen LogP contribution in [0.3, 0.4) is 0 Å². The Labute approximate surface area is 172 Å². The van der Waals surface area contributed by atoms with Gasteiger partial charge in [-0.3, -0.25) is 29.0 Å². The summed E-state index contributed by atoms with van der Waals surface area (Å²) < 4.78 is 0. The van der Waals surface area contributed by atoms with Gasteiger partial charge in [-0.25, -0.2) is 0 Å². The van der Waals surface area contributed by atoms with E-state index >= 15 is 0 Å². The van der Waals surface area contributed by atoms with E-state index in [0.29, 0.717) is 22.0 Å². The van der Waals surface area contributed by atoms with Crippen molar-refractivity contribution in [2.45, 2.75) is 0 Å². The van der Waals surface area contributed by atoms with Crippen LogP contribution < -0.4 is 10.6 Å². The molecule has 2 aromatic rings. The Morgan fingerprint density at radius 3 is 2.28 bits per heavy atom. The van der Waals surface area contributed by atoms with Gasteiger partial charge < -0.3 is 10.6 Å². The summed E-state index contributed by atoms with van der Waals surface area (Å²) in [5.41, 5.74) is 1.46. The highest BCUT2D eigenvalue weighted by Gasteiger charge is 2.32. The molecule has 2 aromatic carbocycles. The maximum absolute atomic E-state index is 12.3. The number of hydrogen-bond acceptors (Lipinski definition) is 5. The van der Waals surface area contributed by atoms with Crippen molar-refractivity contribution in [3.63, 3.8) is 0 Å². The average Bonchev–Trinajstić information content (AvgIpc) is 2.87. The fraction of sp³-hybridized carbons (Fsp3) is 0.200. The molecule has 0 saturated heterocycles. The number of halogens is 1. The fourth-order valence-corrected chi connectivity index (χ4v) is 3.12. The largest absolute Gasteiger partial charge is 0.325 e. The van der Waals surface area contributed by atoms with E-state index in [1.165, 1.54) is 24.1 Å². The molecular weight excluding hydrogens is 396 g/mol. The molecule has 29 heavy (non-hydrogen) atoms. The lowest BCUT2D eigenvalue weighted by Gasteiger charge is -2.16. The molecule has 1 heterocycles. The highest BCUT2D eigenvalue weighted by molar-refractivity contribution is 6.33. The number of carbonyl (C=O) groups excluding carboxylic acids is 4. The first kappa shape index (κ1) is 20.5. The van der Waals surface area contributed by atoms with Crippen LogP contribution in [0.4, 0.5) is 11.4 Å². The van der Waals surface area contributed by atoms with Crippen molar-refractivity contribution in [2.75, 3.05) is 37.8 Å². The summed E-state index contributed by atoms with van der Waals surface area (Å²) in [6.07, 6.45) is 0. The fourth-order valence-electron chi connectivity index (χ4n) is 2.94. The van der Waals surface area contributed by atoms with Gasteiger partial charge in [-0.1, -0.05) is 23.7 Å². The van der Waals surface area contributed by atoms with E-state index in [9.17, 15) is 19.2 Å². The van der Waals surface area contributed by atoms with Gasteiger partial charge in [0.25, 0.3) is 11.8 Å². The third-order valence-electron chi connectivity index (χ3n) is 4.35. The molecule has 0 aliphatic carbocycles. The van der Waals surface area contributed by atoms with E-state index < -0.39 is 5.91 Å². The zero-order valence-electron chi connectivity index (χ0n) is 15.9. The average molecular weight is 415 g/mol. The SMILES string of the molecule is CN(CC(=O)Nc1ccc2c(c1)C(=O)N(C)C2=O)CC(=O)Nc1ccccc1Cl. The van der Waals surface area contributed by atoms with E-state index in [4.69, 9.17) is 11.6 Å². The molecular formula is C20H19ClN4O4. The highest BCUT2D eigenvalue weighted by atomic mass is 35.5. The lowest BCUT2D eigenvalue weighted by molar-refractivity contribution is -0.119. The molecule has 0 radical (unpaired) electrons. The predicted octanol–water partition coefficient (Wildman–Crippen LogP) is 2.07. The van der Waals surface area contributed by atoms with Gasteiger partial charge in [0.1, 0.15) is 0 Å². The summed E-state index contributed by atoms with van der Waals surface area (Å²) in [6.45, 7) is -0.0551. The number of hydrogen-bond donors (Lipinski definition) is 2. The summed E-state index contributed by atoms with van der Waals surface area (Å²) in [5.74, 6) is -1.44. The first-order valence-corrected chi connectivity index (χ1v) is 9.13. The van der Waals surface area contributed by atoms with Crippen LogP contribution in [-0.2, 0) is 9.59 Å². The maximum atomic E-state index is 12.3. The molecule has 0 aromatic heterocycles. The van der Waals surface area contributed by atoms with E-state index in [1.54, 1.807) is 37.4 Å². The van der Waals surface area contributed by atoms with Crippen LogP contribution in [0.2, 0.25) is 5.02 Å². The van der Waals surface area contributed by atoms with E-state index in [-0.39, 0.29) is 36.4 Å². The number of amides is 4. The first-order valence-electron chi connectivity index (χ1n) is 8.75. The summed E-state index contributed by atoms with van der Waals surface area (Å²) in [4.78, 5) is 50.9. The summed E-state index contributed by atoms with van der Waals surface area (Å²) in [5, 5.41) is 5.78. The molecule has 0 saturated carbocycles. The topological polar surface area (TPSA) is 98.8 Å². The van der Waals surface area contributed by atoms with Crippen LogP contribution in [0.5, 0.6) is 0 Å². The molecule has 0 fully saturated rings. The lowest BCUT2D eigenvalue weighted by atomic mass is 10.1. The van der Waals surface area contributed by atoms with Gasteiger partial charge in [0.15, 0.2) is 0 Å². The number of carbonyl (C=O) groups is 4. The highest BCUT2D eigenvalue weighted by Crippen LogP contribution is 2.24. The molecule has 3 rings (SSSR count). The van der Waals surface area contributed by atoms with Crippen LogP contribution in [0.15, 0.2) is 42.5 Å². The molecule has 0 unspecified atom stereocenters. The normalized spacial score (nSPS) is 12.9. The molecule has 150 valence electrons. The standard InChI is InChI=1S/C20H19ClN4O4/c1-24(11-18(27)23-16-6-4-3-5-15(16)21)10-17(26)22-12-7-8-13-14(9-12)20(29)25(2)19(13)28/h3-9H,10-11H2,1-2H3,(H,22,26)(H,23,27). The molecule has 0 atom stereocenters. The molecule has 0 bridgehead atoms. The van der Waals surface area contributed by atoms with Crippen molar-refractivity contribution < 1.29 is 19.2 Å². The van der Waals surface area contributed by atoms with Crippen LogP contribution in [0.1, 0.15) is 20.7 Å². The van der Waals surface area contributed by atoms with Crippen molar-refractivity contribution >= 4 is 46.6 Å². The van der Waals surface area contributed by atoms with E-state index in [1.807, 2.05) is 0 Å². The molecule has 4 amide bonds. The number of rotatable bonds is 6. The van der Waals surface area contributed by atoms with Crippen LogP contribution in [-0.4, -0.2) is 60.6 Å². The second-order valence-corrected chi connectivity index (χ2v) is 7.09. The van der Waals surface area contributed by atoms with Crippen molar-refractivity contribution in [1.82, 2.24) is 9.80 Å². The molecule has 9 heteroatoms. The van der Waals surface area contributed by atoms with Crippen molar-refractivity contribution in [2.24, 2.45) is 0 Å². The van der Waals surface area contributed by atoms with Crippen LogP contribution in [0.25, 0.3) is 0 Å². The van der Waals surface area contributed by atoms with Gasteiger partial charge in [0.05, 0.1) is 34.9 Å². The van der Waals surface area contributed by atoms with Gasteiger partial charge in [-0.15, -0.1) is 0 Å². The molecule has 0 spiro atoms. The molecule has 2 N–H and O–H groups in total. The van der Waals surface area contributed by atoms with Crippen molar-refractivity contribution in [3.8, 4) is 0 Å². The third kappa shape index (κ3) is 4.61. The number of imide groups is 1. The van der Waals surface area contributed by atoms with Gasteiger partial charge in [-0.2, -0.15) is 0 Å². The number of benzene rings is 2. The van der Waals surface area contributed by atoms with Gasteiger partial charge >= 0.3 is 0 Å². The number of anilines is 2. The number of para-hydroxylation sites is 1. The smallest absolute Gasteiger partial charge is 0.261 e. The summed E-state index contributed by atoms with van der Waals surface area (Å²) >= 11 is 6.01. The Bertz CT molecular complexity index is 1010. The monoisotopic (exact) mass is 414 g/mol. The minimum atomic E-state index is -0.408. The Balaban J connectivity index is 1.54. The van der Waals surface area contributed by atoms with Gasteiger partial charge in [0.2, 0.25) is 11.8 Å². The number of likely N-dealkylation sites (N-methyl/N-ethyl adjacent to an activating group) is 1. The maximum Gasteiger partial charge on any atom is 0.261 e. The zero-order valence-corrected chi connectivity index (χ0v) is 16.6. The predicted molar refractivity (Wildman–Crippen MR) is 109 cm³/mol. The second-order valence-electron chi connectivity index (χ2n) is 6.68. The van der Waals surface area contributed by atoms with Crippen molar-refractivity contribution in [3.05, 3.63) is 58.6 Å². The van der Waals surface area contributed by atoms with E-state index in [2.05, 4.69) is 10.6 Å². The summed E-state index contributed by atoms with van der Waals surface area (Å²) in [6, 6.07) is 11.4. The number of nitrogens with zero attached hydrogens (tertiary/aromatic N) is 2. The van der Waals surface area contributed by atoms with Gasteiger partial charge in [-0.05, 0) is 37.4 Å². The molecule has 1 aliphatic rings. The van der Waals surface area contributed by atoms with Crippen LogP contribution >= 0.6 is 11.6 Å². The second kappa shape index (κ2) is 8.42. The summed E-state index contributed by atoms with van der Waals surface area (Å²) in [7, 11) is 3.04. The molecule has 8 nitrogen and oxygen atoms in total. The Kier molecular flexibility index (Phi) is 5.95. The van der Waals surface area contributed by atoms with Crippen LogP contribution in [0, 0.1) is 0 Å². The molecule has 1 aliphatic heterocycles.